The van der Waals surface area contributed by atoms with Gasteiger partial charge in [-0.25, -0.2) is 0 Å². The standard InChI is InChI=1S/C13H18IN/c1-15-13(11-3-2-4-11)9-10-5-7-12(14)8-6-10/h5-8,11,13,15H,2-4,9H2,1H3. The van der Waals surface area contributed by atoms with Gasteiger partial charge in [0.05, 0.1) is 0 Å². The Balaban J connectivity index is 1.96. The van der Waals surface area contributed by atoms with Crippen LogP contribution in [-0.4, -0.2) is 13.1 Å². The van der Waals surface area contributed by atoms with Gasteiger partial charge in [0.2, 0.25) is 0 Å². The number of hydrogen-bond acceptors (Lipinski definition) is 1. The van der Waals surface area contributed by atoms with E-state index in [0.717, 1.165) is 5.92 Å². The van der Waals surface area contributed by atoms with Crippen LogP contribution in [0, 0.1) is 9.49 Å². The van der Waals surface area contributed by atoms with E-state index in [1.807, 2.05) is 0 Å². The summed E-state index contributed by atoms with van der Waals surface area (Å²) in [6, 6.07) is 9.58. The minimum Gasteiger partial charge on any atom is -0.316 e. The van der Waals surface area contributed by atoms with Crippen molar-refractivity contribution in [3.05, 3.63) is 33.4 Å². The fraction of sp³-hybridized carbons (Fsp3) is 0.538. The summed E-state index contributed by atoms with van der Waals surface area (Å²) in [7, 11) is 2.09. The summed E-state index contributed by atoms with van der Waals surface area (Å²) in [5.74, 6) is 0.911. The second-order valence-corrected chi connectivity index (χ2v) is 5.66. The molecular formula is C13H18IN. The van der Waals surface area contributed by atoms with E-state index in [-0.39, 0.29) is 0 Å². The van der Waals surface area contributed by atoms with Gasteiger partial charge in [-0.1, -0.05) is 18.6 Å². The van der Waals surface area contributed by atoms with Gasteiger partial charge in [0.15, 0.2) is 0 Å². The highest BCUT2D eigenvalue weighted by molar-refractivity contribution is 14.1. The van der Waals surface area contributed by atoms with Crippen LogP contribution in [0.1, 0.15) is 24.8 Å². The molecule has 15 heavy (non-hydrogen) atoms. The molecule has 0 spiro atoms. The van der Waals surface area contributed by atoms with E-state index in [0.29, 0.717) is 6.04 Å². The molecule has 0 aliphatic heterocycles. The van der Waals surface area contributed by atoms with Gasteiger partial charge >= 0.3 is 0 Å². The maximum Gasteiger partial charge on any atom is 0.0133 e. The molecule has 0 heterocycles. The van der Waals surface area contributed by atoms with Crippen LogP contribution in [0.25, 0.3) is 0 Å². The van der Waals surface area contributed by atoms with E-state index in [2.05, 4.69) is 59.2 Å². The van der Waals surface area contributed by atoms with Crippen LogP contribution in [0.15, 0.2) is 24.3 Å². The van der Waals surface area contributed by atoms with E-state index in [1.165, 1.54) is 34.8 Å². The van der Waals surface area contributed by atoms with Gasteiger partial charge in [-0.3, -0.25) is 0 Å². The number of benzene rings is 1. The molecule has 2 heteroatoms. The van der Waals surface area contributed by atoms with Crippen molar-refractivity contribution in [3.8, 4) is 0 Å². The topological polar surface area (TPSA) is 12.0 Å². The van der Waals surface area contributed by atoms with Crippen molar-refractivity contribution in [1.82, 2.24) is 5.32 Å². The number of nitrogens with one attached hydrogen (secondary N) is 1. The molecule has 1 saturated carbocycles. The predicted molar refractivity (Wildman–Crippen MR) is 73.1 cm³/mol. The van der Waals surface area contributed by atoms with Gasteiger partial charge in [-0.05, 0) is 72.5 Å². The van der Waals surface area contributed by atoms with Crippen molar-refractivity contribution in [2.75, 3.05) is 7.05 Å². The first-order valence-electron chi connectivity index (χ1n) is 5.71. The van der Waals surface area contributed by atoms with E-state index in [9.17, 15) is 0 Å². The monoisotopic (exact) mass is 315 g/mol. The van der Waals surface area contributed by atoms with E-state index in [4.69, 9.17) is 0 Å². The third kappa shape index (κ3) is 2.94. The third-order valence-corrected chi connectivity index (χ3v) is 4.18. The molecule has 1 fully saturated rings. The first-order valence-corrected chi connectivity index (χ1v) is 6.79. The van der Waals surface area contributed by atoms with Crippen molar-refractivity contribution in [3.63, 3.8) is 0 Å². The molecule has 1 aliphatic rings. The second kappa shape index (κ2) is 5.30. The van der Waals surface area contributed by atoms with Crippen LogP contribution in [0.2, 0.25) is 0 Å². The summed E-state index contributed by atoms with van der Waals surface area (Å²) in [5, 5.41) is 3.47. The molecule has 1 aromatic carbocycles. The average Bonchev–Trinajstić information content (AvgIpc) is 2.17. The summed E-state index contributed by atoms with van der Waals surface area (Å²) in [6.45, 7) is 0. The fourth-order valence-electron chi connectivity index (χ4n) is 2.22. The molecule has 0 saturated heterocycles. The summed E-state index contributed by atoms with van der Waals surface area (Å²) in [5.41, 5.74) is 1.46. The largest absolute Gasteiger partial charge is 0.316 e. The van der Waals surface area contributed by atoms with Gasteiger partial charge in [0.25, 0.3) is 0 Å². The lowest BCUT2D eigenvalue weighted by Gasteiger charge is -2.33. The van der Waals surface area contributed by atoms with Gasteiger partial charge in [0.1, 0.15) is 0 Å². The summed E-state index contributed by atoms with van der Waals surface area (Å²) in [4.78, 5) is 0. The summed E-state index contributed by atoms with van der Waals surface area (Å²) >= 11 is 2.36. The van der Waals surface area contributed by atoms with E-state index in [1.54, 1.807) is 0 Å². The van der Waals surface area contributed by atoms with Gasteiger partial charge in [0, 0.05) is 9.61 Å². The van der Waals surface area contributed by atoms with Crippen molar-refractivity contribution in [1.29, 1.82) is 0 Å². The molecule has 1 nitrogen and oxygen atoms in total. The number of hydrogen-bond donors (Lipinski definition) is 1. The third-order valence-electron chi connectivity index (χ3n) is 3.46. The molecule has 0 bridgehead atoms. The van der Waals surface area contributed by atoms with Gasteiger partial charge < -0.3 is 5.32 Å². The minimum absolute atomic E-state index is 0.679. The van der Waals surface area contributed by atoms with Crippen LogP contribution < -0.4 is 5.32 Å². The van der Waals surface area contributed by atoms with Crippen molar-refractivity contribution in [2.45, 2.75) is 31.7 Å². The lowest BCUT2D eigenvalue weighted by atomic mass is 9.78. The number of rotatable bonds is 4. The van der Waals surface area contributed by atoms with Gasteiger partial charge in [-0.2, -0.15) is 0 Å². The minimum atomic E-state index is 0.679. The first kappa shape index (κ1) is 11.4. The smallest absolute Gasteiger partial charge is 0.0133 e. The van der Waals surface area contributed by atoms with Crippen LogP contribution in [-0.2, 0) is 6.42 Å². The normalized spacial score (nSPS) is 18.5. The Hall–Kier alpha value is -0.0900. The molecular weight excluding hydrogens is 297 g/mol. The van der Waals surface area contributed by atoms with E-state index >= 15 is 0 Å². The Bertz CT molecular complexity index is 303. The summed E-state index contributed by atoms with van der Waals surface area (Å²) in [6.07, 6.45) is 5.43. The molecule has 0 aromatic heterocycles. The van der Waals surface area contributed by atoms with Crippen molar-refractivity contribution in [2.24, 2.45) is 5.92 Å². The Labute approximate surface area is 106 Å². The fourth-order valence-corrected chi connectivity index (χ4v) is 2.58. The van der Waals surface area contributed by atoms with Crippen LogP contribution in [0.4, 0.5) is 0 Å². The Morgan fingerprint density at radius 3 is 2.47 bits per heavy atom. The molecule has 1 unspecified atom stereocenters. The lowest BCUT2D eigenvalue weighted by molar-refractivity contribution is 0.236. The molecule has 0 amide bonds. The molecule has 1 aliphatic carbocycles. The Kier molecular flexibility index (Phi) is 4.03. The highest BCUT2D eigenvalue weighted by Crippen LogP contribution is 2.30. The maximum atomic E-state index is 3.47. The zero-order valence-electron chi connectivity index (χ0n) is 9.17. The molecule has 2 rings (SSSR count). The highest BCUT2D eigenvalue weighted by atomic mass is 127. The quantitative estimate of drug-likeness (QED) is 0.841. The zero-order chi connectivity index (χ0) is 10.7. The molecule has 1 atom stereocenters. The second-order valence-electron chi connectivity index (χ2n) is 4.42. The number of halogens is 1. The van der Waals surface area contributed by atoms with Crippen molar-refractivity contribution >= 4 is 22.6 Å². The molecule has 0 radical (unpaired) electrons. The van der Waals surface area contributed by atoms with Crippen molar-refractivity contribution < 1.29 is 0 Å². The van der Waals surface area contributed by atoms with Gasteiger partial charge in [-0.15, -0.1) is 0 Å². The van der Waals surface area contributed by atoms with E-state index < -0.39 is 0 Å². The average molecular weight is 315 g/mol. The molecule has 1 N–H and O–H groups in total. The zero-order valence-corrected chi connectivity index (χ0v) is 11.3. The van der Waals surface area contributed by atoms with Crippen LogP contribution in [0.5, 0.6) is 0 Å². The predicted octanol–water partition coefficient (Wildman–Crippen LogP) is 3.22. The first-order chi connectivity index (χ1) is 7.29. The molecule has 1 aromatic rings. The Morgan fingerprint density at radius 2 is 2.00 bits per heavy atom. The Morgan fingerprint density at radius 1 is 1.33 bits per heavy atom. The summed E-state index contributed by atoms with van der Waals surface area (Å²) < 4.78 is 1.32. The lowest BCUT2D eigenvalue weighted by Crippen LogP contribution is -2.38. The maximum absolute atomic E-state index is 3.47. The highest BCUT2D eigenvalue weighted by Gasteiger charge is 2.25. The van der Waals surface area contributed by atoms with Crippen LogP contribution >= 0.6 is 22.6 Å². The number of likely N-dealkylation sites (N-methyl/N-ethyl adjacent to an activating group) is 1. The SMILES string of the molecule is CNC(Cc1ccc(I)cc1)C1CCC1. The van der Waals surface area contributed by atoms with Crippen LogP contribution in [0.3, 0.4) is 0 Å². The molecule has 82 valence electrons.